The Hall–Kier alpha value is -6.78. The second kappa shape index (κ2) is 10.4. The molecule has 11 aromatic rings. The Balaban J connectivity index is 1.33. The summed E-state index contributed by atoms with van der Waals surface area (Å²) in [5, 5.41) is 10.3. The summed E-state index contributed by atoms with van der Waals surface area (Å²) in [7, 11) is 0. The van der Waals surface area contributed by atoms with Crippen LogP contribution in [0.3, 0.4) is 0 Å². The third-order valence-corrected chi connectivity index (χ3v) is 10.1. The van der Waals surface area contributed by atoms with Crippen molar-refractivity contribution >= 4 is 76.3 Å². The molecule has 0 fully saturated rings. The molecule has 0 saturated carbocycles. The van der Waals surface area contributed by atoms with E-state index in [1.54, 1.807) is 0 Å². The van der Waals surface area contributed by atoms with Crippen LogP contribution in [0.1, 0.15) is 0 Å². The molecule has 50 heavy (non-hydrogen) atoms. The van der Waals surface area contributed by atoms with Crippen molar-refractivity contribution in [2.45, 2.75) is 0 Å². The topological polar surface area (TPSA) is 52.1 Å². The molecule has 0 spiro atoms. The van der Waals surface area contributed by atoms with Crippen molar-refractivity contribution in [3.63, 3.8) is 0 Å². The summed E-state index contributed by atoms with van der Waals surface area (Å²) < 4.78 is 12.9. The lowest BCUT2D eigenvalue weighted by molar-refractivity contribution is 0.667. The van der Waals surface area contributed by atoms with Crippen LogP contribution in [0.15, 0.2) is 167 Å². The number of hydrogen-bond acceptors (Lipinski definition) is 4. The van der Waals surface area contributed by atoms with Crippen LogP contribution in [0.4, 0.5) is 0 Å². The highest BCUT2D eigenvalue weighted by atomic mass is 16.3. The van der Waals surface area contributed by atoms with E-state index in [-0.39, 0.29) is 0 Å². The number of benzene rings is 8. The quantitative estimate of drug-likeness (QED) is 0.181. The lowest BCUT2D eigenvalue weighted by Gasteiger charge is -2.17. The molecular formula is C46H26N2O2. The van der Waals surface area contributed by atoms with Crippen LogP contribution in [0.5, 0.6) is 0 Å². The lowest BCUT2D eigenvalue weighted by Crippen LogP contribution is -1.96. The molecule has 0 aliphatic rings. The minimum atomic E-state index is 0.646. The van der Waals surface area contributed by atoms with Crippen molar-refractivity contribution in [3.05, 3.63) is 158 Å². The molecule has 0 bridgehead atoms. The zero-order valence-corrected chi connectivity index (χ0v) is 26.7. The second-order valence-electron chi connectivity index (χ2n) is 12.9. The van der Waals surface area contributed by atoms with Crippen LogP contribution in [0, 0.1) is 0 Å². The summed E-state index contributed by atoms with van der Waals surface area (Å²) in [6, 6.07) is 55.0. The maximum absolute atomic E-state index is 6.44. The van der Waals surface area contributed by atoms with E-state index in [9.17, 15) is 0 Å². The minimum absolute atomic E-state index is 0.646. The average Bonchev–Trinajstić information content (AvgIpc) is 3.76. The fourth-order valence-electron chi connectivity index (χ4n) is 7.89. The summed E-state index contributed by atoms with van der Waals surface area (Å²) in [5.41, 5.74) is 8.92. The molecule has 0 aliphatic carbocycles. The molecule has 0 aliphatic heterocycles. The monoisotopic (exact) mass is 638 g/mol. The van der Waals surface area contributed by atoms with E-state index in [4.69, 9.17) is 18.8 Å². The highest BCUT2D eigenvalue weighted by Gasteiger charge is 2.22. The maximum atomic E-state index is 6.44. The molecule has 3 heterocycles. The third kappa shape index (κ3) is 3.87. The first kappa shape index (κ1) is 27.2. The molecule has 0 amide bonds. The predicted molar refractivity (Wildman–Crippen MR) is 205 cm³/mol. The average molecular weight is 639 g/mol. The van der Waals surface area contributed by atoms with Crippen LogP contribution in [0.2, 0.25) is 0 Å². The van der Waals surface area contributed by atoms with E-state index >= 15 is 0 Å². The van der Waals surface area contributed by atoms with Gasteiger partial charge >= 0.3 is 0 Å². The van der Waals surface area contributed by atoms with Crippen LogP contribution >= 0.6 is 0 Å². The molecule has 0 saturated heterocycles. The molecule has 0 unspecified atom stereocenters. The largest absolute Gasteiger partial charge is 0.456 e. The van der Waals surface area contributed by atoms with Crippen molar-refractivity contribution < 1.29 is 8.83 Å². The molecule has 4 heteroatoms. The van der Waals surface area contributed by atoms with Gasteiger partial charge in [0, 0.05) is 27.3 Å². The van der Waals surface area contributed by atoms with Gasteiger partial charge in [0.05, 0.1) is 0 Å². The Labute approximate surface area is 285 Å². The van der Waals surface area contributed by atoms with Gasteiger partial charge in [0.1, 0.15) is 28.0 Å². The third-order valence-electron chi connectivity index (χ3n) is 10.1. The molecule has 0 N–H and O–H groups in total. The highest BCUT2D eigenvalue weighted by Crippen LogP contribution is 2.46. The van der Waals surface area contributed by atoms with Crippen molar-refractivity contribution in [2.24, 2.45) is 0 Å². The zero-order valence-electron chi connectivity index (χ0n) is 26.7. The van der Waals surface area contributed by atoms with Gasteiger partial charge in [-0.15, -0.1) is 0 Å². The number of aromatic nitrogens is 2. The molecule has 0 atom stereocenters. The number of rotatable bonds is 3. The molecular weight excluding hydrogens is 613 g/mol. The Morgan fingerprint density at radius 2 is 0.960 bits per heavy atom. The van der Waals surface area contributed by atoms with Crippen LogP contribution in [0.25, 0.3) is 110 Å². The Kier molecular flexibility index (Phi) is 5.63. The van der Waals surface area contributed by atoms with Crippen LogP contribution in [-0.2, 0) is 0 Å². The molecule has 3 aromatic heterocycles. The van der Waals surface area contributed by atoms with E-state index in [1.165, 1.54) is 26.9 Å². The first-order valence-corrected chi connectivity index (χ1v) is 16.8. The fraction of sp³-hybridized carbons (Fsp3) is 0. The fourth-order valence-corrected chi connectivity index (χ4v) is 7.89. The van der Waals surface area contributed by atoms with Gasteiger partial charge in [-0.25, -0.2) is 9.97 Å². The van der Waals surface area contributed by atoms with Crippen molar-refractivity contribution in [1.82, 2.24) is 9.97 Å². The van der Waals surface area contributed by atoms with E-state index in [2.05, 4.69) is 109 Å². The summed E-state index contributed by atoms with van der Waals surface area (Å²) in [6.45, 7) is 0. The van der Waals surface area contributed by atoms with Crippen molar-refractivity contribution in [1.29, 1.82) is 0 Å². The molecule has 8 aromatic carbocycles. The number of fused-ring (bicyclic) bond motifs is 12. The number of nitrogens with zero attached hydrogens (tertiary/aromatic N) is 2. The van der Waals surface area contributed by atoms with Gasteiger partial charge in [0.2, 0.25) is 0 Å². The van der Waals surface area contributed by atoms with Crippen LogP contribution < -0.4 is 0 Å². The van der Waals surface area contributed by atoms with Crippen molar-refractivity contribution in [2.75, 3.05) is 0 Å². The molecule has 0 radical (unpaired) electrons. The normalized spacial score (nSPS) is 12.0. The SMILES string of the molecule is c1ccc(-c2nc(-c3cc(-c4cccc5oc6ccccc6c45)c4c5ccccc5c5ccccc5c4c3)nc3c2oc2ccccc23)cc1. The molecule has 232 valence electrons. The Morgan fingerprint density at radius 3 is 1.74 bits per heavy atom. The lowest BCUT2D eigenvalue weighted by atomic mass is 9.87. The Bertz CT molecular complexity index is 3150. The number of hydrogen-bond donors (Lipinski definition) is 0. The Morgan fingerprint density at radius 1 is 0.360 bits per heavy atom. The predicted octanol–water partition coefficient (Wildman–Crippen LogP) is 12.7. The van der Waals surface area contributed by atoms with Gasteiger partial charge < -0.3 is 8.83 Å². The van der Waals surface area contributed by atoms with Gasteiger partial charge in [0.15, 0.2) is 11.4 Å². The summed E-state index contributed by atoms with van der Waals surface area (Å²) in [4.78, 5) is 10.6. The van der Waals surface area contributed by atoms with E-state index < -0.39 is 0 Å². The smallest absolute Gasteiger partial charge is 0.180 e. The van der Waals surface area contributed by atoms with Gasteiger partial charge in [-0.3, -0.25) is 0 Å². The second-order valence-corrected chi connectivity index (χ2v) is 12.9. The molecule has 4 nitrogen and oxygen atoms in total. The van der Waals surface area contributed by atoms with E-state index in [0.29, 0.717) is 11.4 Å². The van der Waals surface area contributed by atoms with Crippen molar-refractivity contribution in [3.8, 4) is 33.8 Å². The molecule has 11 rings (SSSR count). The first-order chi connectivity index (χ1) is 24.8. The van der Waals surface area contributed by atoms with Crippen LogP contribution in [-0.4, -0.2) is 9.97 Å². The van der Waals surface area contributed by atoms with E-state index in [1.807, 2.05) is 48.5 Å². The first-order valence-electron chi connectivity index (χ1n) is 16.8. The standard InChI is InChI=1S/C46H26N2O2/c1-2-13-27(14-3-1)43-45-44(35-20-9-11-23-39(35)50-45)48-46(47-43)28-25-36-31-17-5-4-15-29(31)30-16-6-7-18-32(30)41(36)37(26-28)33-21-12-24-40-42(33)34-19-8-10-22-38(34)49-40/h1-26H. The zero-order chi connectivity index (χ0) is 32.8. The number of para-hydroxylation sites is 2. The maximum Gasteiger partial charge on any atom is 0.180 e. The summed E-state index contributed by atoms with van der Waals surface area (Å²) >= 11 is 0. The van der Waals surface area contributed by atoms with Gasteiger partial charge in [-0.05, 0) is 79.8 Å². The van der Waals surface area contributed by atoms with E-state index in [0.717, 1.165) is 71.8 Å². The van der Waals surface area contributed by atoms with Gasteiger partial charge in [-0.2, -0.15) is 0 Å². The summed E-state index contributed by atoms with van der Waals surface area (Å²) in [6.07, 6.45) is 0. The minimum Gasteiger partial charge on any atom is -0.456 e. The van der Waals surface area contributed by atoms with Gasteiger partial charge in [0.25, 0.3) is 0 Å². The number of furan rings is 2. The van der Waals surface area contributed by atoms with Gasteiger partial charge in [-0.1, -0.05) is 121 Å². The highest BCUT2D eigenvalue weighted by molar-refractivity contribution is 6.30. The summed E-state index contributed by atoms with van der Waals surface area (Å²) in [5.74, 6) is 0.646.